The number of nitrogens with one attached hydrogen (secondary N) is 2. The molecule has 0 aromatic carbocycles. The summed E-state index contributed by atoms with van der Waals surface area (Å²) in [6, 6.07) is 0. The molecule has 0 aliphatic heterocycles. The summed E-state index contributed by atoms with van der Waals surface area (Å²) in [7, 11) is 5.71. The largest absolute Gasteiger partial charge is 0.468 e. The molecule has 0 rings (SSSR count). The van der Waals surface area contributed by atoms with E-state index in [4.69, 9.17) is 0 Å². The van der Waals surface area contributed by atoms with Gasteiger partial charge in [-0.3, -0.25) is 4.79 Å². The van der Waals surface area contributed by atoms with Gasteiger partial charge in [-0.05, 0) is 47.5 Å². The van der Waals surface area contributed by atoms with Gasteiger partial charge in [-0.1, -0.05) is 90.9 Å². The highest BCUT2D eigenvalue weighted by atomic mass is 16.5. The Labute approximate surface area is 202 Å². The Morgan fingerprint density at radius 2 is 1.03 bits per heavy atom. The Kier molecular flexibility index (Phi) is 73.4. The van der Waals surface area contributed by atoms with Gasteiger partial charge in [-0.15, -0.1) is 13.2 Å². The van der Waals surface area contributed by atoms with E-state index in [1.165, 1.54) is 83.5 Å². The SMILES string of the molecule is C=C.CCCCCCCCCCCCCCCC=O.CCCNC.CCOC=O.CNC. The number of rotatable bonds is 18. The van der Waals surface area contributed by atoms with Gasteiger partial charge in [-0.2, -0.15) is 0 Å². The van der Waals surface area contributed by atoms with Crippen molar-refractivity contribution in [3.8, 4) is 0 Å². The van der Waals surface area contributed by atoms with E-state index in [1.807, 2.05) is 21.1 Å². The van der Waals surface area contributed by atoms with Crippen molar-refractivity contribution in [1.29, 1.82) is 0 Å². The molecule has 0 saturated heterocycles. The Morgan fingerprint density at radius 1 is 0.656 bits per heavy atom. The van der Waals surface area contributed by atoms with Gasteiger partial charge in [-0.25, -0.2) is 0 Å². The molecule has 32 heavy (non-hydrogen) atoms. The summed E-state index contributed by atoms with van der Waals surface area (Å²) in [4.78, 5) is 19.3. The lowest BCUT2D eigenvalue weighted by Crippen LogP contribution is -2.04. The van der Waals surface area contributed by atoms with Crippen LogP contribution in [0.25, 0.3) is 0 Å². The van der Waals surface area contributed by atoms with E-state index in [0.29, 0.717) is 13.1 Å². The first-order valence-corrected chi connectivity index (χ1v) is 12.9. The minimum Gasteiger partial charge on any atom is -0.468 e. The fourth-order valence-electron chi connectivity index (χ4n) is 2.56. The van der Waals surface area contributed by atoms with Gasteiger partial charge in [0.15, 0.2) is 0 Å². The molecule has 196 valence electrons. The van der Waals surface area contributed by atoms with Crippen molar-refractivity contribution in [2.24, 2.45) is 0 Å². The fraction of sp³-hybridized carbons (Fsp3) is 0.852. The maximum absolute atomic E-state index is 10.1. The van der Waals surface area contributed by atoms with Gasteiger partial charge >= 0.3 is 0 Å². The zero-order valence-electron chi connectivity index (χ0n) is 22.8. The van der Waals surface area contributed by atoms with Gasteiger partial charge in [0.25, 0.3) is 6.47 Å². The molecule has 0 heterocycles. The topological polar surface area (TPSA) is 67.4 Å². The second-order valence-electron chi connectivity index (χ2n) is 7.35. The number of unbranched alkanes of at least 4 members (excludes halogenated alkanes) is 13. The van der Waals surface area contributed by atoms with Crippen molar-refractivity contribution in [3.05, 3.63) is 13.2 Å². The average Bonchev–Trinajstić information content (AvgIpc) is 2.81. The number of ether oxygens (including phenoxy) is 1. The predicted octanol–water partition coefficient (Wildman–Crippen LogP) is 7.10. The molecule has 0 aliphatic rings. The molecule has 5 heteroatoms. The summed E-state index contributed by atoms with van der Waals surface area (Å²) in [6.45, 7) is 14.2. The van der Waals surface area contributed by atoms with Crippen molar-refractivity contribution in [2.75, 3.05) is 34.3 Å². The Hall–Kier alpha value is -1.20. The van der Waals surface area contributed by atoms with Crippen LogP contribution in [-0.2, 0) is 14.3 Å². The van der Waals surface area contributed by atoms with Crippen LogP contribution in [0.1, 0.15) is 117 Å². The molecular weight excluding hydrogens is 400 g/mol. The van der Waals surface area contributed by atoms with Crippen LogP contribution in [0.2, 0.25) is 0 Å². The number of aldehydes is 1. The smallest absolute Gasteiger partial charge is 0.293 e. The highest BCUT2D eigenvalue weighted by Crippen LogP contribution is 2.12. The van der Waals surface area contributed by atoms with Crippen LogP contribution in [0, 0.1) is 0 Å². The number of carbonyl (C=O) groups is 2. The molecule has 5 nitrogen and oxygen atoms in total. The maximum Gasteiger partial charge on any atom is 0.293 e. The highest BCUT2D eigenvalue weighted by molar-refractivity contribution is 5.48. The molecule has 0 bridgehead atoms. The van der Waals surface area contributed by atoms with E-state index in [1.54, 1.807) is 6.92 Å². The van der Waals surface area contributed by atoms with Crippen LogP contribution in [0.3, 0.4) is 0 Å². The molecule has 0 amide bonds. The Bertz CT molecular complexity index is 276. The normalized spacial score (nSPS) is 8.69. The lowest BCUT2D eigenvalue weighted by molar-refractivity contribution is -0.128. The van der Waals surface area contributed by atoms with Crippen LogP contribution < -0.4 is 10.6 Å². The monoisotopic (exact) mass is 460 g/mol. The van der Waals surface area contributed by atoms with E-state index in [2.05, 4.69) is 42.4 Å². The fourth-order valence-corrected chi connectivity index (χ4v) is 2.56. The van der Waals surface area contributed by atoms with Crippen molar-refractivity contribution < 1.29 is 14.3 Å². The van der Waals surface area contributed by atoms with Crippen molar-refractivity contribution >= 4 is 12.8 Å². The van der Waals surface area contributed by atoms with E-state index in [9.17, 15) is 9.59 Å². The van der Waals surface area contributed by atoms with Crippen LogP contribution >= 0.6 is 0 Å². The summed E-state index contributed by atoms with van der Waals surface area (Å²) in [5.41, 5.74) is 0. The average molecular weight is 461 g/mol. The first-order valence-electron chi connectivity index (χ1n) is 12.9. The van der Waals surface area contributed by atoms with E-state index in [-0.39, 0.29) is 0 Å². The van der Waals surface area contributed by atoms with Gasteiger partial charge in [0.05, 0.1) is 6.61 Å². The molecular formula is C27H60N2O3. The molecule has 0 aromatic rings. The Morgan fingerprint density at radius 3 is 1.22 bits per heavy atom. The van der Waals surface area contributed by atoms with Crippen molar-refractivity contribution in [2.45, 2.75) is 117 Å². The van der Waals surface area contributed by atoms with Gasteiger partial charge < -0.3 is 20.2 Å². The van der Waals surface area contributed by atoms with Crippen LogP contribution in [0.5, 0.6) is 0 Å². The van der Waals surface area contributed by atoms with E-state index >= 15 is 0 Å². The molecule has 0 radical (unpaired) electrons. The third-order valence-corrected chi connectivity index (χ3v) is 4.16. The molecule has 0 aromatic heterocycles. The number of hydrogen-bond acceptors (Lipinski definition) is 5. The lowest BCUT2D eigenvalue weighted by atomic mass is 10.0. The summed E-state index contributed by atoms with van der Waals surface area (Å²) in [6.07, 6.45) is 20.9. The van der Waals surface area contributed by atoms with Gasteiger partial charge in [0, 0.05) is 6.42 Å². The zero-order chi connectivity index (χ0) is 25.6. The zero-order valence-corrected chi connectivity index (χ0v) is 22.8. The van der Waals surface area contributed by atoms with Crippen molar-refractivity contribution in [1.82, 2.24) is 10.6 Å². The second-order valence-corrected chi connectivity index (χ2v) is 7.35. The number of hydrogen-bond donors (Lipinski definition) is 2. The summed E-state index contributed by atoms with van der Waals surface area (Å²) in [5.74, 6) is 0. The van der Waals surface area contributed by atoms with Crippen LogP contribution in [0.4, 0.5) is 0 Å². The molecule has 0 fully saturated rings. The molecule has 0 spiro atoms. The molecule has 0 unspecified atom stereocenters. The summed E-state index contributed by atoms with van der Waals surface area (Å²) < 4.78 is 4.15. The van der Waals surface area contributed by atoms with Gasteiger partial charge in [0.2, 0.25) is 0 Å². The third kappa shape index (κ3) is 78.9. The van der Waals surface area contributed by atoms with Gasteiger partial charge in [0.1, 0.15) is 6.29 Å². The second kappa shape index (κ2) is 57.1. The van der Waals surface area contributed by atoms with Crippen LogP contribution in [0.15, 0.2) is 13.2 Å². The third-order valence-electron chi connectivity index (χ3n) is 4.16. The minimum atomic E-state index is 0.431. The first-order chi connectivity index (χ1) is 15.7. The first kappa shape index (κ1) is 41.1. The van der Waals surface area contributed by atoms with Crippen LogP contribution in [-0.4, -0.2) is 47.1 Å². The Balaban J connectivity index is -0.000000132. The van der Waals surface area contributed by atoms with E-state index in [0.717, 1.165) is 25.7 Å². The minimum absolute atomic E-state index is 0.431. The standard InChI is InChI=1S/C16H32O.C4H11N.C3H6O2.C2H7N.C2H4/c1-2-3-4-5-6-7-8-9-10-11-12-13-14-15-16-17;1-3-4-5-2;1-2-5-3-4;1-3-2;1-2/h16H,2-15H2,1H3;5H,3-4H2,1-2H3;3H,2H2,1H3;3H,1-2H3;1-2H2. The summed E-state index contributed by atoms with van der Waals surface area (Å²) >= 11 is 0. The highest BCUT2D eigenvalue weighted by Gasteiger charge is 1.93. The molecule has 0 atom stereocenters. The number of carbonyl (C=O) groups excluding carboxylic acids is 2. The molecule has 2 N–H and O–H groups in total. The lowest BCUT2D eigenvalue weighted by Gasteiger charge is -2.02. The maximum atomic E-state index is 10.1. The van der Waals surface area contributed by atoms with Crippen molar-refractivity contribution in [3.63, 3.8) is 0 Å². The molecule has 0 aliphatic carbocycles. The van der Waals surface area contributed by atoms with E-state index < -0.39 is 0 Å². The molecule has 0 saturated carbocycles. The quantitative estimate of drug-likeness (QED) is 0.130. The predicted molar refractivity (Wildman–Crippen MR) is 145 cm³/mol. The summed E-state index contributed by atoms with van der Waals surface area (Å²) in [5, 5.41) is 5.77.